The van der Waals surface area contributed by atoms with E-state index in [0.717, 1.165) is 12.8 Å². The monoisotopic (exact) mass is 655 g/mol. The first-order valence-electron chi connectivity index (χ1n) is 20.1. The number of nitrogens with one attached hydrogen (secondary N) is 1. The number of carbonyl (C=O) groups is 1. The molecule has 270 valence electrons. The maximum absolute atomic E-state index is 11.7. The highest BCUT2D eigenvalue weighted by Gasteiger charge is 2.11. The summed E-state index contributed by atoms with van der Waals surface area (Å²) in [5, 5.41) is 3.04. The second kappa shape index (κ2) is 39.6. The van der Waals surface area contributed by atoms with Crippen LogP contribution in [0.1, 0.15) is 213 Å². The van der Waals surface area contributed by atoms with Gasteiger partial charge in [-0.15, -0.1) is 11.6 Å². The Balaban J connectivity index is 0. The number of nitrogens with zero attached hydrogens (tertiary/aromatic N) is 1. The lowest BCUT2D eigenvalue weighted by Gasteiger charge is -2.17. The van der Waals surface area contributed by atoms with Crippen LogP contribution in [0.3, 0.4) is 0 Å². The van der Waals surface area contributed by atoms with Crippen LogP contribution in [0, 0.1) is 0 Å². The predicted molar refractivity (Wildman–Crippen MR) is 206 cm³/mol. The summed E-state index contributed by atoms with van der Waals surface area (Å²) in [5.74, 6) is 0.560. The third-order valence-corrected chi connectivity index (χ3v) is 9.26. The predicted octanol–water partition coefficient (Wildman–Crippen LogP) is 13.6. The minimum absolute atomic E-state index is 0.0366. The molecule has 1 unspecified atom stereocenters. The van der Waals surface area contributed by atoms with Gasteiger partial charge >= 0.3 is 0 Å². The van der Waals surface area contributed by atoms with Gasteiger partial charge in [0.05, 0.1) is 0 Å². The van der Waals surface area contributed by atoms with Crippen LogP contribution in [0.25, 0.3) is 0 Å². The Morgan fingerprint density at radius 3 is 1.16 bits per heavy atom. The number of rotatable bonds is 34. The average Bonchev–Trinajstić information content (AvgIpc) is 3.01. The van der Waals surface area contributed by atoms with Crippen LogP contribution in [0.15, 0.2) is 12.2 Å². The zero-order valence-corrected chi connectivity index (χ0v) is 32.4. The molecule has 0 aromatic heterocycles. The molecule has 3 nitrogen and oxygen atoms in total. The van der Waals surface area contributed by atoms with E-state index in [4.69, 9.17) is 11.6 Å². The molecule has 0 heterocycles. The van der Waals surface area contributed by atoms with E-state index in [1.54, 1.807) is 6.92 Å². The van der Waals surface area contributed by atoms with Crippen LogP contribution in [-0.4, -0.2) is 43.4 Å². The fourth-order valence-corrected chi connectivity index (χ4v) is 6.20. The van der Waals surface area contributed by atoms with Crippen molar-refractivity contribution in [3.63, 3.8) is 0 Å². The molecule has 45 heavy (non-hydrogen) atoms. The Labute approximate surface area is 289 Å². The van der Waals surface area contributed by atoms with E-state index in [2.05, 4.69) is 44.7 Å². The fraction of sp³-hybridized carbons (Fsp3) is 0.927. The summed E-state index contributed by atoms with van der Waals surface area (Å²) in [6, 6.07) is 0.203. The number of alkyl halides is 1. The van der Waals surface area contributed by atoms with Crippen molar-refractivity contribution in [3.05, 3.63) is 12.2 Å². The van der Waals surface area contributed by atoms with Gasteiger partial charge in [0.1, 0.15) is 0 Å². The Kier molecular flexibility index (Phi) is 41.0. The topological polar surface area (TPSA) is 32.3 Å². The summed E-state index contributed by atoms with van der Waals surface area (Å²) in [5.41, 5.74) is 0.575. The zero-order chi connectivity index (χ0) is 33.6. The van der Waals surface area contributed by atoms with Gasteiger partial charge in [-0.05, 0) is 46.8 Å². The first-order valence-corrected chi connectivity index (χ1v) is 20.6. The Bertz CT molecular complexity index is 594. The Morgan fingerprint density at radius 2 is 0.867 bits per heavy atom. The van der Waals surface area contributed by atoms with Crippen LogP contribution in [-0.2, 0) is 4.79 Å². The Morgan fingerprint density at radius 1 is 0.556 bits per heavy atom. The van der Waals surface area contributed by atoms with E-state index in [0.29, 0.717) is 11.5 Å². The van der Waals surface area contributed by atoms with Crippen molar-refractivity contribution in [1.29, 1.82) is 0 Å². The highest BCUT2D eigenvalue weighted by molar-refractivity contribution is 6.17. The minimum atomic E-state index is -0.0366. The van der Waals surface area contributed by atoms with Gasteiger partial charge in [-0.2, -0.15) is 0 Å². The van der Waals surface area contributed by atoms with Gasteiger partial charge in [-0.1, -0.05) is 194 Å². The van der Waals surface area contributed by atoms with Gasteiger partial charge in [-0.25, -0.2) is 0 Å². The Hall–Kier alpha value is -0.540. The summed E-state index contributed by atoms with van der Waals surface area (Å²) in [4.78, 5) is 14.0. The number of hydrogen-bond acceptors (Lipinski definition) is 2. The molecule has 4 heteroatoms. The van der Waals surface area contributed by atoms with Crippen LogP contribution in [0.4, 0.5) is 0 Å². The maximum Gasteiger partial charge on any atom is 0.246 e. The first-order chi connectivity index (χ1) is 21.9. The van der Waals surface area contributed by atoms with Gasteiger partial charge in [0.25, 0.3) is 0 Å². The molecule has 1 amide bonds. The fourth-order valence-electron chi connectivity index (χ4n) is 5.94. The van der Waals surface area contributed by atoms with Crippen LogP contribution < -0.4 is 5.32 Å². The third kappa shape index (κ3) is 41.4. The molecule has 0 aliphatic heterocycles. The van der Waals surface area contributed by atoms with Gasteiger partial charge in [0.2, 0.25) is 5.91 Å². The molecule has 0 aliphatic rings. The summed E-state index contributed by atoms with van der Waals surface area (Å²) >= 11 is 5.85. The lowest BCUT2D eigenvalue weighted by atomic mass is 10.0. The van der Waals surface area contributed by atoms with Crippen molar-refractivity contribution >= 4 is 17.5 Å². The standard InChI is InChI=1S/C23H44ClNO.C18H39N/c1-4-5-6-7-8-9-10-11-12-13-14-15-16-17-18-22(19-20-24)25-23(26)21(2)3;1-4-5-6-7-8-9-10-11-12-13-14-15-16-17-18-19(2)3/h22H,2,4-20H2,1,3H3,(H,25,26);4-18H2,1-3H3. The van der Waals surface area contributed by atoms with Gasteiger partial charge in [-0.3, -0.25) is 4.79 Å². The maximum atomic E-state index is 11.7. The van der Waals surface area contributed by atoms with Gasteiger partial charge in [0.15, 0.2) is 0 Å². The van der Waals surface area contributed by atoms with Crippen LogP contribution in [0.5, 0.6) is 0 Å². The molecular formula is C41H83ClN2O. The summed E-state index contributed by atoms with van der Waals surface area (Å²) in [6.45, 7) is 11.3. The highest BCUT2D eigenvalue weighted by Crippen LogP contribution is 2.15. The van der Waals surface area contributed by atoms with Crippen molar-refractivity contribution in [2.75, 3.05) is 26.5 Å². The number of unbranched alkanes of at least 4 members (excludes halogenated alkanes) is 26. The van der Waals surface area contributed by atoms with Gasteiger partial charge in [0, 0.05) is 17.5 Å². The molecule has 0 saturated carbocycles. The SMILES string of the molecule is C=C(C)C(=O)NC(CCCl)CCCCCCCCCCCCCCCC.CCCCCCCCCCCCCCCCN(C)C. The molecule has 0 radical (unpaired) electrons. The molecule has 0 aromatic carbocycles. The van der Waals surface area contributed by atoms with E-state index >= 15 is 0 Å². The molecule has 0 rings (SSSR count). The lowest BCUT2D eigenvalue weighted by Crippen LogP contribution is -2.35. The summed E-state index contributed by atoms with van der Waals surface area (Å²) < 4.78 is 0. The molecule has 0 saturated heterocycles. The molecule has 0 bridgehead atoms. The van der Waals surface area contributed by atoms with Crippen molar-refractivity contribution in [2.45, 2.75) is 219 Å². The number of hydrogen-bond donors (Lipinski definition) is 1. The van der Waals surface area contributed by atoms with Crippen molar-refractivity contribution in [3.8, 4) is 0 Å². The smallest absolute Gasteiger partial charge is 0.246 e. The third-order valence-electron chi connectivity index (χ3n) is 9.05. The van der Waals surface area contributed by atoms with Crippen molar-refractivity contribution in [1.82, 2.24) is 10.2 Å². The molecule has 0 spiro atoms. The average molecular weight is 656 g/mol. The molecule has 0 fully saturated rings. The van der Waals surface area contributed by atoms with Gasteiger partial charge < -0.3 is 10.2 Å². The largest absolute Gasteiger partial charge is 0.350 e. The van der Waals surface area contributed by atoms with Crippen molar-refractivity contribution < 1.29 is 4.79 Å². The van der Waals surface area contributed by atoms with E-state index in [1.165, 1.54) is 186 Å². The molecule has 0 aliphatic carbocycles. The van der Waals surface area contributed by atoms with E-state index in [1.807, 2.05) is 0 Å². The molecule has 0 aromatic rings. The number of amides is 1. The van der Waals surface area contributed by atoms with E-state index in [9.17, 15) is 4.79 Å². The minimum Gasteiger partial charge on any atom is -0.350 e. The van der Waals surface area contributed by atoms with Crippen LogP contribution >= 0.6 is 11.6 Å². The molecule has 1 N–H and O–H groups in total. The lowest BCUT2D eigenvalue weighted by molar-refractivity contribution is -0.118. The second-order valence-corrected chi connectivity index (χ2v) is 14.6. The quantitative estimate of drug-likeness (QED) is 0.0425. The van der Waals surface area contributed by atoms with Crippen molar-refractivity contribution in [2.24, 2.45) is 0 Å². The highest BCUT2D eigenvalue weighted by atomic mass is 35.5. The molecule has 1 atom stereocenters. The van der Waals surface area contributed by atoms with E-state index < -0.39 is 0 Å². The first kappa shape index (κ1) is 46.6. The summed E-state index contributed by atoms with van der Waals surface area (Å²) in [7, 11) is 4.34. The second-order valence-electron chi connectivity index (χ2n) is 14.2. The van der Waals surface area contributed by atoms with E-state index in [-0.39, 0.29) is 11.9 Å². The number of halogens is 1. The zero-order valence-electron chi connectivity index (χ0n) is 31.6. The normalized spacial score (nSPS) is 11.8. The van der Waals surface area contributed by atoms with Crippen LogP contribution in [0.2, 0.25) is 0 Å². The summed E-state index contributed by atoms with van der Waals surface area (Å²) in [6.07, 6.45) is 41.4. The number of carbonyl (C=O) groups excluding carboxylic acids is 1. The molecular weight excluding hydrogens is 572 g/mol.